The van der Waals surface area contributed by atoms with Gasteiger partial charge < -0.3 is 4.74 Å². The number of carbonyl (C=O) groups excluding carboxylic acids is 3. The van der Waals surface area contributed by atoms with Crippen molar-refractivity contribution in [2.24, 2.45) is 0 Å². The molecule has 1 saturated heterocycles. The van der Waals surface area contributed by atoms with E-state index in [1.54, 1.807) is 12.1 Å². The Morgan fingerprint density at radius 1 is 1.00 bits per heavy atom. The van der Waals surface area contributed by atoms with Crippen LogP contribution in [0, 0.1) is 0 Å². The number of amides is 4. The van der Waals surface area contributed by atoms with Gasteiger partial charge in [0.25, 0.3) is 11.8 Å². The molecule has 0 radical (unpaired) electrons. The quantitative estimate of drug-likeness (QED) is 0.238. The lowest BCUT2D eigenvalue weighted by Gasteiger charge is -2.25. The fourth-order valence-electron chi connectivity index (χ4n) is 3.52. The van der Waals surface area contributed by atoms with Gasteiger partial charge in [-0.15, -0.1) is 6.58 Å². The van der Waals surface area contributed by atoms with Crippen LogP contribution in [0.5, 0.6) is 5.75 Å². The van der Waals surface area contributed by atoms with E-state index in [0.29, 0.717) is 26.9 Å². The number of nitrogens with zero attached hydrogens (tertiary/aromatic N) is 1. The largest absolute Gasteiger partial charge is 0.487 e. The summed E-state index contributed by atoms with van der Waals surface area (Å²) in [5, 5.41) is 4.43. The van der Waals surface area contributed by atoms with Gasteiger partial charge in [-0.05, 0) is 72.0 Å². The Labute approximate surface area is 207 Å². The highest BCUT2D eigenvalue weighted by atomic mass is 79.9. The second-order valence-electron chi connectivity index (χ2n) is 7.26. The summed E-state index contributed by atoms with van der Waals surface area (Å²) in [6.45, 7) is 3.90. The second-order valence-corrected chi connectivity index (χ2v) is 8.97. The zero-order chi connectivity index (χ0) is 23.5. The molecule has 4 rings (SSSR count). The number of imide groups is 2. The van der Waals surface area contributed by atoms with E-state index >= 15 is 0 Å². The topological polar surface area (TPSA) is 75.7 Å². The van der Waals surface area contributed by atoms with E-state index < -0.39 is 17.8 Å². The number of carbonyl (C=O) groups is 3. The Morgan fingerprint density at radius 3 is 2.42 bits per heavy atom. The fourth-order valence-corrected chi connectivity index (χ4v) is 4.98. The summed E-state index contributed by atoms with van der Waals surface area (Å²) >= 11 is 7.03. The molecular formula is C25H18Br2N2O4. The van der Waals surface area contributed by atoms with E-state index in [2.05, 4.69) is 62.0 Å². The van der Waals surface area contributed by atoms with Crippen LogP contribution in [-0.4, -0.2) is 29.3 Å². The van der Waals surface area contributed by atoms with E-state index in [-0.39, 0.29) is 12.1 Å². The van der Waals surface area contributed by atoms with E-state index in [4.69, 9.17) is 4.74 Å². The van der Waals surface area contributed by atoms with Crippen LogP contribution in [0.1, 0.15) is 11.1 Å². The van der Waals surface area contributed by atoms with Crippen LogP contribution < -0.4 is 10.1 Å². The zero-order valence-corrected chi connectivity index (χ0v) is 20.5. The van der Waals surface area contributed by atoms with Crippen LogP contribution in [-0.2, 0) is 16.2 Å². The van der Waals surface area contributed by atoms with Gasteiger partial charge in [0.2, 0.25) is 0 Å². The number of barbiturate groups is 1. The highest BCUT2D eigenvalue weighted by molar-refractivity contribution is 9.11. The average Bonchev–Trinajstić information content (AvgIpc) is 2.79. The van der Waals surface area contributed by atoms with Gasteiger partial charge in [-0.3, -0.25) is 19.8 Å². The van der Waals surface area contributed by atoms with Gasteiger partial charge in [0.1, 0.15) is 17.9 Å². The molecule has 8 heteroatoms. The van der Waals surface area contributed by atoms with Crippen molar-refractivity contribution in [2.75, 3.05) is 6.54 Å². The predicted molar refractivity (Wildman–Crippen MR) is 134 cm³/mol. The minimum absolute atomic E-state index is 0.00359. The molecule has 1 N–H and O–H groups in total. The predicted octanol–water partition coefficient (Wildman–Crippen LogP) is 5.59. The number of hydrogen-bond acceptors (Lipinski definition) is 4. The smallest absolute Gasteiger partial charge is 0.331 e. The molecule has 166 valence electrons. The standard InChI is InChI=1S/C25H18Br2N2O4/c1-2-10-29-24(31)19(23(30)28-25(29)32)11-15-12-20(26)22(21(27)13-15)33-14-17-8-5-7-16-6-3-4-9-18(16)17/h2-9,11-13H,1,10,14H2,(H,28,30,32)/b19-11-. The maximum atomic E-state index is 12.6. The lowest BCUT2D eigenvalue weighted by Crippen LogP contribution is -2.54. The van der Waals surface area contributed by atoms with Crippen LogP contribution >= 0.6 is 31.9 Å². The summed E-state index contributed by atoms with van der Waals surface area (Å²) in [5.41, 5.74) is 1.49. The molecule has 0 atom stereocenters. The third-order valence-corrected chi connectivity index (χ3v) is 6.26. The van der Waals surface area contributed by atoms with Gasteiger partial charge in [0.05, 0.1) is 8.95 Å². The van der Waals surface area contributed by atoms with Gasteiger partial charge >= 0.3 is 6.03 Å². The lowest BCUT2D eigenvalue weighted by molar-refractivity contribution is -0.129. The molecule has 0 unspecified atom stereocenters. The minimum atomic E-state index is -0.762. The molecule has 33 heavy (non-hydrogen) atoms. The molecule has 1 heterocycles. The van der Waals surface area contributed by atoms with Crippen molar-refractivity contribution in [3.8, 4) is 5.75 Å². The van der Waals surface area contributed by atoms with E-state index in [9.17, 15) is 14.4 Å². The van der Waals surface area contributed by atoms with Crippen molar-refractivity contribution in [3.05, 3.63) is 92.9 Å². The molecule has 1 fully saturated rings. The molecular weight excluding hydrogens is 552 g/mol. The summed E-state index contributed by atoms with van der Waals surface area (Å²) < 4.78 is 7.38. The van der Waals surface area contributed by atoms with Gasteiger partial charge in [-0.2, -0.15) is 0 Å². The Morgan fingerprint density at radius 2 is 1.70 bits per heavy atom. The molecule has 1 aliphatic heterocycles. The molecule has 0 aromatic heterocycles. The van der Waals surface area contributed by atoms with Crippen LogP contribution in [0.3, 0.4) is 0 Å². The van der Waals surface area contributed by atoms with Crippen molar-refractivity contribution < 1.29 is 19.1 Å². The zero-order valence-electron chi connectivity index (χ0n) is 17.3. The molecule has 0 spiro atoms. The van der Waals surface area contributed by atoms with Gasteiger partial charge in [-0.1, -0.05) is 48.5 Å². The molecule has 6 nitrogen and oxygen atoms in total. The maximum absolute atomic E-state index is 12.6. The van der Waals surface area contributed by atoms with Crippen molar-refractivity contribution in [1.29, 1.82) is 0 Å². The molecule has 0 bridgehead atoms. The molecule has 3 aromatic rings. The number of halogens is 2. The summed E-state index contributed by atoms with van der Waals surface area (Å²) in [6, 6.07) is 16.9. The number of hydrogen-bond donors (Lipinski definition) is 1. The minimum Gasteiger partial charge on any atom is -0.487 e. The van der Waals surface area contributed by atoms with Crippen LogP contribution in [0.15, 0.2) is 81.8 Å². The van der Waals surface area contributed by atoms with Crippen molar-refractivity contribution in [3.63, 3.8) is 0 Å². The number of urea groups is 1. The first-order valence-electron chi connectivity index (χ1n) is 9.97. The number of benzene rings is 3. The highest BCUT2D eigenvalue weighted by Gasteiger charge is 2.34. The molecule has 3 aromatic carbocycles. The first-order valence-corrected chi connectivity index (χ1v) is 11.6. The van der Waals surface area contributed by atoms with Crippen molar-refractivity contribution >= 4 is 66.6 Å². The van der Waals surface area contributed by atoms with Crippen molar-refractivity contribution in [2.45, 2.75) is 6.61 Å². The van der Waals surface area contributed by atoms with Crippen LogP contribution in [0.25, 0.3) is 16.8 Å². The molecule has 0 aliphatic carbocycles. The molecule has 4 amide bonds. The van der Waals surface area contributed by atoms with Crippen LogP contribution in [0.2, 0.25) is 0 Å². The van der Waals surface area contributed by atoms with Gasteiger partial charge in [-0.25, -0.2) is 4.79 Å². The van der Waals surface area contributed by atoms with E-state index in [1.807, 2.05) is 24.3 Å². The Kier molecular flexibility index (Phi) is 6.76. The van der Waals surface area contributed by atoms with Crippen molar-refractivity contribution in [1.82, 2.24) is 10.2 Å². The van der Waals surface area contributed by atoms with Gasteiger partial charge in [0.15, 0.2) is 0 Å². The van der Waals surface area contributed by atoms with Gasteiger partial charge in [0, 0.05) is 6.54 Å². The Balaban J connectivity index is 1.59. The number of fused-ring (bicyclic) bond motifs is 1. The number of rotatable bonds is 6. The van der Waals surface area contributed by atoms with Crippen LogP contribution in [0.4, 0.5) is 4.79 Å². The van der Waals surface area contributed by atoms with E-state index in [0.717, 1.165) is 21.2 Å². The SMILES string of the molecule is C=CCN1C(=O)NC(=O)/C(=C/c2cc(Br)c(OCc3cccc4ccccc34)c(Br)c2)C1=O. The molecule has 0 saturated carbocycles. The number of nitrogens with one attached hydrogen (secondary N) is 1. The third-order valence-electron chi connectivity index (χ3n) is 5.08. The maximum Gasteiger partial charge on any atom is 0.331 e. The average molecular weight is 570 g/mol. The first-order chi connectivity index (χ1) is 15.9. The molecule has 1 aliphatic rings. The lowest BCUT2D eigenvalue weighted by atomic mass is 10.1. The monoisotopic (exact) mass is 568 g/mol. The summed E-state index contributed by atoms with van der Waals surface area (Å²) in [4.78, 5) is 37.7. The fraction of sp³-hybridized carbons (Fsp3) is 0.0800. The normalized spacial score (nSPS) is 15.2. The summed E-state index contributed by atoms with van der Waals surface area (Å²) in [6.07, 6.45) is 2.85. The summed E-state index contributed by atoms with van der Waals surface area (Å²) in [7, 11) is 0. The van der Waals surface area contributed by atoms with E-state index in [1.165, 1.54) is 12.2 Å². The second kappa shape index (κ2) is 9.72. The Bertz CT molecular complexity index is 1300. The number of ether oxygens (including phenoxy) is 1. The first kappa shape index (κ1) is 22.9. The Hall–Kier alpha value is -3.23. The summed E-state index contributed by atoms with van der Waals surface area (Å²) in [5.74, 6) is -0.825. The third kappa shape index (κ3) is 4.77. The highest BCUT2D eigenvalue weighted by Crippen LogP contribution is 2.36.